The molecule has 118 valence electrons. The van der Waals surface area contributed by atoms with Gasteiger partial charge in [-0.2, -0.15) is 17.0 Å². The first-order chi connectivity index (χ1) is 9.95. The minimum atomic E-state index is -3.31. The third-order valence-corrected chi connectivity index (χ3v) is 5.88. The molecule has 0 amide bonds. The molecule has 0 N–H and O–H groups in total. The predicted octanol–water partition coefficient (Wildman–Crippen LogP) is 1.76. The van der Waals surface area contributed by atoms with Gasteiger partial charge in [0, 0.05) is 27.2 Å². The maximum atomic E-state index is 12.2. The molecule has 0 saturated carbocycles. The lowest BCUT2D eigenvalue weighted by Gasteiger charge is -2.33. The Balaban J connectivity index is 2.08. The van der Waals surface area contributed by atoms with E-state index in [0.29, 0.717) is 19.0 Å². The fourth-order valence-corrected chi connectivity index (χ4v) is 4.04. The lowest BCUT2D eigenvalue weighted by molar-refractivity contribution is 0.253. The van der Waals surface area contributed by atoms with E-state index < -0.39 is 10.2 Å². The number of ether oxygens (including phenoxy) is 1. The smallest absolute Gasteiger partial charge is 0.281 e. The van der Waals surface area contributed by atoms with Crippen LogP contribution >= 0.6 is 0 Å². The number of benzene rings is 1. The van der Waals surface area contributed by atoms with Crippen LogP contribution in [0.5, 0.6) is 5.75 Å². The van der Waals surface area contributed by atoms with Gasteiger partial charge in [0.1, 0.15) is 5.75 Å². The fraction of sp³-hybridized carbons (Fsp3) is 0.600. The van der Waals surface area contributed by atoms with Crippen LogP contribution in [-0.2, 0) is 16.6 Å². The molecule has 21 heavy (non-hydrogen) atoms. The third kappa shape index (κ3) is 3.75. The van der Waals surface area contributed by atoms with E-state index >= 15 is 0 Å². The van der Waals surface area contributed by atoms with Crippen LogP contribution in [0.3, 0.4) is 0 Å². The second-order valence-electron chi connectivity index (χ2n) is 5.67. The first-order valence-electron chi connectivity index (χ1n) is 7.24. The summed E-state index contributed by atoms with van der Waals surface area (Å²) in [6.07, 6.45) is 2.81. The van der Waals surface area contributed by atoms with E-state index in [0.717, 1.165) is 30.6 Å². The molecule has 1 aromatic carbocycles. The third-order valence-electron chi connectivity index (χ3n) is 3.97. The quantitative estimate of drug-likeness (QED) is 0.832. The molecule has 1 aliphatic rings. The maximum absolute atomic E-state index is 12.2. The van der Waals surface area contributed by atoms with Crippen LogP contribution in [0.15, 0.2) is 24.3 Å². The van der Waals surface area contributed by atoms with Gasteiger partial charge in [0.2, 0.25) is 0 Å². The van der Waals surface area contributed by atoms with Gasteiger partial charge in [0.15, 0.2) is 0 Å². The van der Waals surface area contributed by atoms with Gasteiger partial charge >= 0.3 is 0 Å². The Morgan fingerprint density at radius 2 is 2.05 bits per heavy atom. The average Bonchev–Trinajstić information content (AvgIpc) is 2.48. The number of hydrogen-bond donors (Lipinski definition) is 0. The van der Waals surface area contributed by atoms with Crippen LogP contribution in [0.1, 0.15) is 18.4 Å². The van der Waals surface area contributed by atoms with E-state index in [1.54, 1.807) is 25.5 Å². The summed E-state index contributed by atoms with van der Waals surface area (Å²) in [5, 5.41) is 0. The molecule has 1 saturated heterocycles. The number of hydrogen-bond acceptors (Lipinski definition) is 3. The lowest BCUT2D eigenvalue weighted by Crippen LogP contribution is -2.45. The van der Waals surface area contributed by atoms with E-state index in [-0.39, 0.29) is 0 Å². The molecule has 0 aromatic heterocycles. The minimum absolute atomic E-state index is 0.338. The molecule has 6 heteroatoms. The molecule has 0 radical (unpaired) electrons. The number of nitrogens with zero attached hydrogens (tertiary/aromatic N) is 2. The molecule has 1 aromatic rings. The second-order valence-corrected chi connectivity index (χ2v) is 7.81. The Kier molecular flexibility index (Phi) is 5.24. The summed E-state index contributed by atoms with van der Waals surface area (Å²) in [5.74, 6) is 1.22. The number of methoxy groups -OCH3 is 1. The molecular formula is C15H24N2O3S. The van der Waals surface area contributed by atoms with Gasteiger partial charge in [0.05, 0.1) is 7.11 Å². The van der Waals surface area contributed by atoms with Crippen molar-refractivity contribution < 1.29 is 13.2 Å². The Bertz CT molecular complexity index is 572. The van der Waals surface area contributed by atoms with Gasteiger partial charge in [-0.15, -0.1) is 0 Å². The van der Waals surface area contributed by atoms with Gasteiger partial charge in [-0.05, 0) is 36.8 Å². The van der Waals surface area contributed by atoms with E-state index in [1.165, 1.54) is 4.31 Å². The number of rotatable bonds is 5. The van der Waals surface area contributed by atoms with Crippen molar-refractivity contribution in [3.05, 3.63) is 29.8 Å². The van der Waals surface area contributed by atoms with Crippen molar-refractivity contribution in [3.63, 3.8) is 0 Å². The zero-order valence-electron chi connectivity index (χ0n) is 12.9. The first kappa shape index (κ1) is 16.3. The highest BCUT2D eigenvalue weighted by Gasteiger charge is 2.30. The van der Waals surface area contributed by atoms with Crippen molar-refractivity contribution in [3.8, 4) is 5.75 Å². The van der Waals surface area contributed by atoms with E-state index in [4.69, 9.17) is 4.74 Å². The Morgan fingerprint density at radius 1 is 1.33 bits per heavy atom. The zero-order valence-corrected chi connectivity index (χ0v) is 13.8. The van der Waals surface area contributed by atoms with Crippen molar-refractivity contribution in [2.24, 2.45) is 5.92 Å². The second kappa shape index (κ2) is 6.77. The highest BCUT2D eigenvalue weighted by molar-refractivity contribution is 7.86. The molecule has 0 bridgehead atoms. The molecule has 0 unspecified atom stereocenters. The highest BCUT2D eigenvalue weighted by Crippen LogP contribution is 2.27. The summed E-state index contributed by atoms with van der Waals surface area (Å²) < 4.78 is 32.7. The Morgan fingerprint density at radius 3 is 2.71 bits per heavy atom. The van der Waals surface area contributed by atoms with Crippen LogP contribution in [0.4, 0.5) is 0 Å². The summed E-state index contributed by atoms with van der Waals surface area (Å²) in [6.45, 7) is 1.20. The standard InChI is InChI=1S/C15H24N2O3S/c1-16(2)21(18,19)17-10-6-7-13(12-17)11-14-8-4-5-9-15(14)20-3/h4-5,8-9,13H,6-7,10-12H2,1-3H3/t13-/m1/s1. The summed E-state index contributed by atoms with van der Waals surface area (Å²) in [4.78, 5) is 0. The van der Waals surface area contributed by atoms with Crippen LogP contribution in [0.25, 0.3) is 0 Å². The molecule has 2 rings (SSSR count). The van der Waals surface area contributed by atoms with E-state index in [9.17, 15) is 8.42 Å². The molecule has 1 atom stereocenters. The Labute approximate surface area is 127 Å². The van der Waals surface area contributed by atoms with Gasteiger partial charge < -0.3 is 4.74 Å². The topological polar surface area (TPSA) is 49.9 Å². The summed E-state index contributed by atoms with van der Waals surface area (Å²) in [7, 11) is 1.53. The van der Waals surface area contributed by atoms with Gasteiger partial charge in [0.25, 0.3) is 10.2 Å². The van der Waals surface area contributed by atoms with Crippen LogP contribution in [-0.4, -0.2) is 51.3 Å². The summed E-state index contributed by atoms with van der Waals surface area (Å²) >= 11 is 0. The van der Waals surface area contributed by atoms with Gasteiger partial charge in [-0.25, -0.2) is 0 Å². The lowest BCUT2D eigenvalue weighted by atomic mass is 9.92. The summed E-state index contributed by atoms with van der Waals surface area (Å²) in [6, 6.07) is 7.95. The maximum Gasteiger partial charge on any atom is 0.281 e. The van der Waals surface area contributed by atoms with Crippen molar-refractivity contribution in [1.29, 1.82) is 0 Å². The largest absolute Gasteiger partial charge is 0.496 e. The highest BCUT2D eigenvalue weighted by atomic mass is 32.2. The number of piperidine rings is 1. The monoisotopic (exact) mass is 312 g/mol. The molecule has 1 fully saturated rings. The van der Waals surface area contributed by atoms with Crippen molar-refractivity contribution in [2.75, 3.05) is 34.3 Å². The van der Waals surface area contributed by atoms with Crippen LogP contribution in [0, 0.1) is 5.92 Å². The Hall–Kier alpha value is -1.11. The zero-order chi connectivity index (χ0) is 15.5. The van der Waals surface area contributed by atoms with Crippen molar-refractivity contribution in [1.82, 2.24) is 8.61 Å². The summed E-state index contributed by atoms with van der Waals surface area (Å²) in [5.41, 5.74) is 1.15. The van der Waals surface area contributed by atoms with Crippen molar-refractivity contribution in [2.45, 2.75) is 19.3 Å². The van der Waals surface area contributed by atoms with E-state index in [1.807, 2.05) is 18.2 Å². The number of para-hydroxylation sites is 1. The van der Waals surface area contributed by atoms with Crippen molar-refractivity contribution >= 4 is 10.2 Å². The molecule has 5 nitrogen and oxygen atoms in total. The molecule has 1 heterocycles. The van der Waals surface area contributed by atoms with Gasteiger partial charge in [-0.3, -0.25) is 0 Å². The molecule has 0 aliphatic carbocycles. The molecule has 0 spiro atoms. The molecular weight excluding hydrogens is 288 g/mol. The predicted molar refractivity (Wildman–Crippen MR) is 83.6 cm³/mol. The molecule has 1 aliphatic heterocycles. The van der Waals surface area contributed by atoms with Crippen LogP contribution in [0.2, 0.25) is 0 Å². The SMILES string of the molecule is COc1ccccc1C[C@H]1CCCN(S(=O)(=O)N(C)C)C1. The van der Waals surface area contributed by atoms with Crippen LogP contribution < -0.4 is 4.74 Å². The first-order valence-corrected chi connectivity index (χ1v) is 8.64. The van der Waals surface area contributed by atoms with Gasteiger partial charge in [-0.1, -0.05) is 18.2 Å². The normalized spacial score (nSPS) is 20.7. The fourth-order valence-electron chi connectivity index (χ4n) is 2.82. The van der Waals surface area contributed by atoms with E-state index in [2.05, 4.69) is 6.07 Å². The average molecular weight is 312 g/mol. The minimum Gasteiger partial charge on any atom is -0.496 e.